The molecule has 8 nitrogen and oxygen atoms in total. The highest BCUT2D eigenvalue weighted by Crippen LogP contribution is 2.30. The van der Waals surface area contributed by atoms with E-state index in [9.17, 15) is 17.6 Å². The molecule has 4 aromatic rings. The van der Waals surface area contributed by atoms with Crippen LogP contribution in [-0.4, -0.2) is 48.3 Å². The molecule has 0 N–H and O–H groups in total. The van der Waals surface area contributed by atoms with Gasteiger partial charge in [-0.05, 0) is 66.2 Å². The van der Waals surface area contributed by atoms with Crippen molar-refractivity contribution < 1.29 is 22.1 Å². The van der Waals surface area contributed by atoms with Crippen LogP contribution in [0.1, 0.15) is 36.0 Å². The van der Waals surface area contributed by atoms with Crippen molar-refractivity contribution in [3.8, 4) is 17.1 Å². The first kappa shape index (κ1) is 22.1. The summed E-state index contributed by atoms with van der Waals surface area (Å²) in [5.74, 6) is 0.924. The Morgan fingerprint density at radius 1 is 1.09 bits per heavy atom. The third kappa shape index (κ3) is 4.67. The first-order valence-corrected chi connectivity index (χ1v) is 10.6. The van der Waals surface area contributed by atoms with Crippen LogP contribution in [0.4, 0.5) is 17.6 Å². The van der Waals surface area contributed by atoms with Gasteiger partial charge in [0.15, 0.2) is 5.82 Å². The van der Waals surface area contributed by atoms with Gasteiger partial charge in [-0.15, -0.1) is 5.10 Å². The predicted octanol–water partition coefficient (Wildman–Crippen LogP) is 4.25. The van der Waals surface area contributed by atoms with Gasteiger partial charge in [0.05, 0.1) is 23.7 Å². The molecule has 1 aliphatic rings. The number of hydrogen-bond acceptors (Lipinski definition) is 7. The van der Waals surface area contributed by atoms with Crippen LogP contribution in [0.2, 0.25) is 0 Å². The van der Waals surface area contributed by atoms with E-state index in [1.54, 1.807) is 12.1 Å². The smallest absolute Gasteiger partial charge is 0.339 e. The molecule has 1 atom stereocenters. The van der Waals surface area contributed by atoms with Gasteiger partial charge in [0.25, 0.3) is 0 Å². The van der Waals surface area contributed by atoms with Crippen molar-refractivity contribution in [1.29, 1.82) is 0 Å². The maximum absolute atomic E-state index is 13.5. The number of benzene rings is 2. The zero-order valence-electron chi connectivity index (χ0n) is 17.8. The molecule has 12 heteroatoms. The van der Waals surface area contributed by atoms with Crippen molar-refractivity contribution in [1.82, 2.24) is 35.2 Å². The number of rotatable bonds is 5. The Bertz CT molecular complexity index is 1270. The quantitative estimate of drug-likeness (QED) is 0.401. The SMILES string of the molecule is Fc1cccc(-c2noc(C3CCCN(Cc4nnnn4-c4ccc(C(F)(F)F)cc4)C3)n2)c1. The molecule has 2 aromatic heterocycles. The highest BCUT2D eigenvalue weighted by atomic mass is 19.4. The van der Waals surface area contributed by atoms with Crippen LogP contribution in [0, 0.1) is 5.82 Å². The molecule has 3 heterocycles. The van der Waals surface area contributed by atoms with Crippen LogP contribution < -0.4 is 0 Å². The molecular formula is C22H19F4N7O. The van der Waals surface area contributed by atoms with Gasteiger partial charge in [-0.2, -0.15) is 22.8 Å². The van der Waals surface area contributed by atoms with E-state index in [1.165, 1.54) is 28.9 Å². The number of piperidine rings is 1. The second-order valence-electron chi connectivity index (χ2n) is 8.09. The first-order chi connectivity index (χ1) is 16.4. The molecule has 1 unspecified atom stereocenters. The fourth-order valence-corrected chi connectivity index (χ4v) is 4.04. The van der Waals surface area contributed by atoms with Crippen LogP contribution in [0.25, 0.3) is 17.1 Å². The van der Waals surface area contributed by atoms with Gasteiger partial charge in [-0.1, -0.05) is 17.3 Å². The van der Waals surface area contributed by atoms with Gasteiger partial charge in [-0.3, -0.25) is 4.90 Å². The first-order valence-electron chi connectivity index (χ1n) is 10.6. The third-order valence-corrected chi connectivity index (χ3v) is 5.72. The number of tetrazole rings is 1. The summed E-state index contributed by atoms with van der Waals surface area (Å²) < 4.78 is 59.0. The summed E-state index contributed by atoms with van der Waals surface area (Å²) in [5.41, 5.74) is 0.249. The van der Waals surface area contributed by atoms with E-state index in [2.05, 4.69) is 30.6 Å². The zero-order chi connectivity index (χ0) is 23.7. The number of alkyl halides is 3. The van der Waals surface area contributed by atoms with Gasteiger partial charge in [0, 0.05) is 12.1 Å². The summed E-state index contributed by atoms with van der Waals surface area (Å²) in [5, 5.41) is 15.7. The van der Waals surface area contributed by atoms with E-state index < -0.39 is 11.7 Å². The van der Waals surface area contributed by atoms with Crippen LogP contribution in [-0.2, 0) is 12.7 Å². The lowest BCUT2D eigenvalue weighted by Gasteiger charge is -2.30. The van der Waals surface area contributed by atoms with E-state index in [-0.39, 0.29) is 11.7 Å². The van der Waals surface area contributed by atoms with Crippen LogP contribution in [0.15, 0.2) is 53.1 Å². The van der Waals surface area contributed by atoms with E-state index >= 15 is 0 Å². The molecule has 0 aliphatic carbocycles. The Morgan fingerprint density at radius 2 is 1.91 bits per heavy atom. The second-order valence-corrected chi connectivity index (χ2v) is 8.09. The predicted molar refractivity (Wildman–Crippen MR) is 111 cm³/mol. The molecule has 1 saturated heterocycles. The van der Waals surface area contributed by atoms with Gasteiger partial charge in [0.2, 0.25) is 11.7 Å². The summed E-state index contributed by atoms with van der Waals surface area (Å²) in [4.78, 5) is 6.59. The molecule has 176 valence electrons. The van der Waals surface area contributed by atoms with E-state index in [0.717, 1.165) is 31.5 Å². The molecule has 0 bridgehead atoms. The average molecular weight is 473 g/mol. The van der Waals surface area contributed by atoms with Gasteiger partial charge in [-0.25, -0.2) is 4.39 Å². The van der Waals surface area contributed by atoms with Crippen molar-refractivity contribution in [2.75, 3.05) is 13.1 Å². The number of hydrogen-bond donors (Lipinski definition) is 0. The number of halogens is 4. The highest BCUT2D eigenvalue weighted by Gasteiger charge is 2.30. The van der Waals surface area contributed by atoms with Crippen molar-refractivity contribution in [2.45, 2.75) is 31.5 Å². The number of nitrogens with zero attached hydrogens (tertiary/aromatic N) is 7. The van der Waals surface area contributed by atoms with Crippen LogP contribution >= 0.6 is 0 Å². The minimum absolute atomic E-state index is 0.0149. The molecule has 5 rings (SSSR count). The summed E-state index contributed by atoms with van der Waals surface area (Å²) in [7, 11) is 0. The third-order valence-electron chi connectivity index (χ3n) is 5.72. The largest absolute Gasteiger partial charge is 0.416 e. The molecular weight excluding hydrogens is 454 g/mol. The molecule has 0 spiro atoms. The lowest BCUT2D eigenvalue weighted by atomic mass is 9.98. The minimum Gasteiger partial charge on any atom is -0.339 e. The van der Waals surface area contributed by atoms with Crippen LogP contribution in [0.3, 0.4) is 0 Å². The van der Waals surface area contributed by atoms with Crippen molar-refractivity contribution in [2.24, 2.45) is 0 Å². The summed E-state index contributed by atoms with van der Waals surface area (Å²) in [6.45, 7) is 1.81. The second kappa shape index (κ2) is 8.93. The number of aromatic nitrogens is 6. The van der Waals surface area contributed by atoms with Crippen molar-refractivity contribution >= 4 is 0 Å². The van der Waals surface area contributed by atoms with Crippen molar-refractivity contribution in [3.05, 3.63) is 71.6 Å². The Balaban J connectivity index is 1.29. The van der Waals surface area contributed by atoms with Crippen molar-refractivity contribution in [3.63, 3.8) is 0 Å². The molecule has 1 fully saturated rings. The van der Waals surface area contributed by atoms with Gasteiger partial charge >= 0.3 is 6.18 Å². The summed E-state index contributed by atoms with van der Waals surface area (Å²) in [6, 6.07) is 10.7. The molecule has 1 aliphatic heterocycles. The lowest BCUT2D eigenvalue weighted by Crippen LogP contribution is -2.34. The Morgan fingerprint density at radius 3 is 2.68 bits per heavy atom. The summed E-state index contributed by atoms with van der Waals surface area (Å²) >= 11 is 0. The van der Waals surface area contributed by atoms with Gasteiger partial charge in [0.1, 0.15) is 5.82 Å². The standard InChI is InChI=1S/C22H19F4N7O/c23-17-5-1-3-14(11-17)20-27-21(34-29-20)15-4-2-10-32(12-15)13-19-28-30-31-33(19)18-8-6-16(7-9-18)22(24,25)26/h1,3,5-9,11,15H,2,4,10,12-13H2. The number of likely N-dealkylation sites (tertiary alicyclic amines) is 1. The van der Waals surface area contributed by atoms with E-state index in [0.29, 0.717) is 41.9 Å². The maximum Gasteiger partial charge on any atom is 0.416 e. The van der Waals surface area contributed by atoms with Crippen LogP contribution in [0.5, 0.6) is 0 Å². The van der Waals surface area contributed by atoms with E-state index in [4.69, 9.17) is 4.52 Å². The Kier molecular flexibility index (Phi) is 5.82. The summed E-state index contributed by atoms with van der Waals surface area (Å²) in [6.07, 6.45) is -2.68. The topological polar surface area (TPSA) is 85.8 Å². The van der Waals surface area contributed by atoms with Gasteiger partial charge < -0.3 is 4.52 Å². The Hall–Kier alpha value is -3.67. The maximum atomic E-state index is 13.5. The monoisotopic (exact) mass is 473 g/mol. The molecule has 0 amide bonds. The Labute approximate surface area is 191 Å². The molecule has 2 aromatic carbocycles. The molecule has 0 saturated carbocycles. The fourth-order valence-electron chi connectivity index (χ4n) is 4.04. The minimum atomic E-state index is -4.41. The molecule has 0 radical (unpaired) electrons. The molecule has 34 heavy (non-hydrogen) atoms. The normalized spacial score (nSPS) is 17.2. The zero-order valence-corrected chi connectivity index (χ0v) is 17.8. The highest BCUT2D eigenvalue weighted by molar-refractivity contribution is 5.53. The average Bonchev–Trinajstić information content (AvgIpc) is 3.49. The van der Waals surface area contributed by atoms with E-state index in [1.807, 2.05) is 0 Å². The lowest BCUT2D eigenvalue weighted by molar-refractivity contribution is -0.137. The fraction of sp³-hybridized carbons (Fsp3) is 0.318.